The van der Waals surface area contributed by atoms with Gasteiger partial charge in [-0.2, -0.15) is 0 Å². The van der Waals surface area contributed by atoms with E-state index in [1.54, 1.807) is 0 Å². The summed E-state index contributed by atoms with van der Waals surface area (Å²) < 4.78 is 20.5. The van der Waals surface area contributed by atoms with E-state index in [0.29, 0.717) is 6.42 Å². The van der Waals surface area contributed by atoms with Gasteiger partial charge in [-0.25, -0.2) is 0 Å². The van der Waals surface area contributed by atoms with Crippen molar-refractivity contribution in [1.82, 2.24) is 0 Å². The van der Waals surface area contributed by atoms with Crippen molar-refractivity contribution in [3.8, 4) is 0 Å². The molecule has 2 atom stereocenters. The van der Waals surface area contributed by atoms with Crippen LogP contribution in [0.1, 0.15) is 85.0 Å². The Morgan fingerprint density at radius 3 is 1.77 bits per heavy atom. The second-order valence-corrected chi connectivity index (χ2v) is 24.9. The first-order valence-electron chi connectivity index (χ1n) is 13.7. The quantitative estimate of drug-likeness (QED) is 0.0751. The number of esters is 3. The van der Waals surface area contributed by atoms with Gasteiger partial charge in [-0.05, 0) is 0 Å². The molecule has 0 bridgehead atoms. The molecule has 6 nitrogen and oxygen atoms in total. The van der Waals surface area contributed by atoms with E-state index in [9.17, 15) is 14.4 Å². The average Bonchev–Trinajstić information content (AvgIpc) is 3.27. The third-order valence-corrected chi connectivity index (χ3v) is 24.7. The molecule has 0 aliphatic heterocycles. The van der Waals surface area contributed by atoms with Gasteiger partial charge in [0, 0.05) is 0 Å². The summed E-state index contributed by atoms with van der Waals surface area (Å²) in [7, 11) is 4.14. The van der Waals surface area contributed by atoms with Crippen molar-refractivity contribution in [2.24, 2.45) is 16.7 Å². The zero-order chi connectivity index (χ0) is 26.1. The third kappa shape index (κ3) is 6.64. The number of carbonyl (C=O) groups is 3. The van der Waals surface area contributed by atoms with Crippen LogP contribution >= 0.6 is 0 Å². The molecule has 0 saturated heterocycles. The molecule has 0 aromatic heterocycles. The SMILES string of the molecule is CCC[CH2][Sn]([CH2]CCC)([CH2]CCC)[CH2]C1(C(=O)OC)C=C2CC(C(=O)OC)(C(=O)OC)CC2CC1. The van der Waals surface area contributed by atoms with Crippen LogP contribution in [0.2, 0.25) is 17.7 Å². The molecule has 2 unspecified atom stereocenters. The van der Waals surface area contributed by atoms with E-state index in [1.165, 1.54) is 73.2 Å². The number of fused-ring (bicyclic) bond motifs is 1. The van der Waals surface area contributed by atoms with Crippen molar-refractivity contribution in [2.75, 3.05) is 21.3 Å². The summed E-state index contributed by atoms with van der Waals surface area (Å²) in [6.07, 6.45) is 11.6. The number of allylic oxidation sites excluding steroid dienone is 1. The Bertz CT molecular complexity index is 738. The van der Waals surface area contributed by atoms with E-state index >= 15 is 0 Å². The molecule has 2 rings (SSSR count). The molecular formula is C28H48O6Sn. The minimum absolute atomic E-state index is 0.0949. The average molecular weight is 599 g/mol. The molecule has 35 heavy (non-hydrogen) atoms. The Labute approximate surface area is 216 Å². The predicted octanol–water partition coefficient (Wildman–Crippen LogP) is 6.46. The molecule has 200 valence electrons. The fraction of sp³-hybridized carbons (Fsp3) is 0.821. The van der Waals surface area contributed by atoms with Crippen LogP contribution in [0.25, 0.3) is 0 Å². The first kappa shape index (κ1) is 30.2. The summed E-state index contributed by atoms with van der Waals surface area (Å²) in [5.74, 6) is -1.11. The second-order valence-electron chi connectivity index (χ2n) is 11.0. The fourth-order valence-electron chi connectivity index (χ4n) is 6.76. The van der Waals surface area contributed by atoms with Crippen molar-refractivity contribution in [2.45, 2.75) is 103 Å². The summed E-state index contributed by atoms with van der Waals surface area (Å²) in [4.78, 5) is 39.1. The number of rotatable bonds is 14. The molecule has 1 saturated carbocycles. The van der Waals surface area contributed by atoms with E-state index in [1.807, 2.05) is 0 Å². The zero-order valence-corrected chi connectivity index (χ0v) is 25.9. The molecule has 0 amide bonds. The Kier molecular flexibility index (Phi) is 11.6. The topological polar surface area (TPSA) is 78.9 Å². The molecule has 7 heteroatoms. The van der Waals surface area contributed by atoms with Crippen LogP contribution in [0.4, 0.5) is 0 Å². The standard InChI is InChI=1S/C16H21O6.3C4H9.Sn/c1-15(12(17)20-2)6-5-10-8-16(13(18)21-3,14(19)22-4)9-11(10)7-15;3*1-3-4-2;/h7,10H,1,5-6,8-9H2,2-4H3;3*1,3-4H2,2H3;. The van der Waals surface area contributed by atoms with Gasteiger partial charge in [0.05, 0.1) is 0 Å². The molecule has 2 aliphatic rings. The van der Waals surface area contributed by atoms with Crippen LogP contribution < -0.4 is 0 Å². The minimum atomic E-state index is -2.71. The van der Waals surface area contributed by atoms with Crippen LogP contribution in [0, 0.1) is 16.7 Å². The van der Waals surface area contributed by atoms with Crippen LogP contribution in [0.15, 0.2) is 11.6 Å². The van der Waals surface area contributed by atoms with Crippen molar-refractivity contribution >= 4 is 36.3 Å². The van der Waals surface area contributed by atoms with Crippen LogP contribution in [0.5, 0.6) is 0 Å². The summed E-state index contributed by atoms with van der Waals surface area (Å²) in [6, 6.07) is 0. The van der Waals surface area contributed by atoms with E-state index in [-0.39, 0.29) is 18.3 Å². The second kappa shape index (κ2) is 13.5. The molecule has 0 aromatic rings. The van der Waals surface area contributed by atoms with Crippen molar-refractivity contribution in [3.63, 3.8) is 0 Å². The first-order chi connectivity index (χ1) is 16.7. The van der Waals surface area contributed by atoms with Gasteiger partial charge in [-0.3, -0.25) is 0 Å². The van der Waals surface area contributed by atoms with E-state index < -0.39 is 41.1 Å². The van der Waals surface area contributed by atoms with Gasteiger partial charge >= 0.3 is 217 Å². The van der Waals surface area contributed by atoms with Crippen LogP contribution in [-0.4, -0.2) is 57.6 Å². The monoisotopic (exact) mass is 600 g/mol. The van der Waals surface area contributed by atoms with Gasteiger partial charge in [0.25, 0.3) is 0 Å². The van der Waals surface area contributed by atoms with Gasteiger partial charge < -0.3 is 0 Å². The molecule has 0 spiro atoms. The van der Waals surface area contributed by atoms with Crippen LogP contribution in [-0.2, 0) is 28.6 Å². The van der Waals surface area contributed by atoms with Crippen LogP contribution in [0.3, 0.4) is 0 Å². The summed E-state index contributed by atoms with van der Waals surface area (Å²) >= 11 is -2.71. The Morgan fingerprint density at radius 1 is 0.857 bits per heavy atom. The molecule has 0 heterocycles. The number of hydrogen-bond acceptors (Lipinski definition) is 6. The van der Waals surface area contributed by atoms with Gasteiger partial charge in [0.1, 0.15) is 0 Å². The van der Waals surface area contributed by atoms with Gasteiger partial charge in [0.15, 0.2) is 0 Å². The maximum atomic E-state index is 13.5. The molecular weight excluding hydrogens is 551 g/mol. The zero-order valence-electron chi connectivity index (χ0n) is 23.0. The van der Waals surface area contributed by atoms with E-state index in [4.69, 9.17) is 14.2 Å². The maximum absolute atomic E-state index is 13.5. The molecule has 0 radical (unpaired) electrons. The fourth-order valence-corrected chi connectivity index (χ4v) is 24.9. The van der Waals surface area contributed by atoms with Gasteiger partial charge in [-0.15, -0.1) is 0 Å². The van der Waals surface area contributed by atoms with E-state index in [0.717, 1.165) is 22.9 Å². The van der Waals surface area contributed by atoms with Crippen molar-refractivity contribution in [1.29, 1.82) is 0 Å². The van der Waals surface area contributed by atoms with Crippen molar-refractivity contribution in [3.05, 3.63) is 11.6 Å². The molecule has 0 N–H and O–H groups in total. The molecule has 2 aliphatic carbocycles. The Morgan fingerprint density at radius 2 is 1.34 bits per heavy atom. The number of carbonyl (C=O) groups excluding carboxylic acids is 3. The third-order valence-electron chi connectivity index (χ3n) is 8.64. The Balaban J connectivity index is 2.53. The summed E-state index contributed by atoms with van der Waals surface area (Å²) in [6.45, 7) is 6.78. The number of hydrogen-bond donors (Lipinski definition) is 0. The van der Waals surface area contributed by atoms with Gasteiger partial charge in [-0.1, -0.05) is 0 Å². The van der Waals surface area contributed by atoms with Crippen molar-refractivity contribution < 1.29 is 28.6 Å². The number of unbranched alkanes of at least 4 members (excludes halogenated alkanes) is 3. The number of methoxy groups -OCH3 is 3. The summed E-state index contributed by atoms with van der Waals surface area (Å²) in [5, 5.41) is 0. The Hall–Kier alpha value is -1.05. The molecule has 1 fully saturated rings. The summed E-state index contributed by atoms with van der Waals surface area (Å²) in [5.41, 5.74) is -0.896. The first-order valence-corrected chi connectivity index (χ1v) is 21.8. The molecule has 0 aromatic carbocycles. The predicted molar refractivity (Wildman–Crippen MR) is 141 cm³/mol. The van der Waals surface area contributed by atoms with Gasteiger partial charge in [0.2, 0.25) is 0 Å². The number of ether oxygens (including phenoxy) is 3. The van der Waals surface area contributed by atoms with E-state index in [2.05, 4.69) is 26.8 Å². The normalized spacial score (nSPS) is 23.3.